The third-order valence-electron chi connectivity index (χ3n) is 4.00. The molecular weight excluding hydrogens is 305 g/mol. The topological polar surface area (TPSA) is 32.7 Å². The molecule has 0 spiro atoms. The molecule has 130 valence electrons. The summed E-state index contributed by atoms with van der Waals surface area (Å²) in [6.07, 6.45) is -0.590. The van der Waals surface area contributed by atoms with Gasteiger partial charge in [-0.2, -0.15) is 0 Å². The quantitative estimate of drug-likeness (QED) is 0.799. The smallest absolute Gasteiger partial charge is 0.123 e. The first-order valence-electron chi connectivity index (χ1n) is 8.30. The maximum Gasteiger partial charge on any atom is 0.123 e. The Morgan fingerprint density at radius 2 is 1.75 bits per heavy atom. The molecule has 0 bridgehead atoms. The SMILES string of the molecule is Cc1ccccc1OCC(O)CN(Cc1ccc(F)cc1)C(C)C. The van der Waals surface area contributed by atoms with Crippen molar-refractivity contribution < 1.29 is 14.2 Å². The van der Waals surface area contributed by atoms with Gasteiger partial charge in [0.2, 0.25) is 0 Å². The predicted octanol–water partition coefficient (Wildman–Crippen LogP) is 3.78. The maximum absolute atomic E-state index is 13.0. The number of rotatable bonds is 8. The van der Waals surface area contributed by atoms with Gasteiger partial charge in [-0.3, -0.25) is 4.90 Å². The van der Waals surface area contributed by atoms with Gasteiger partial charge in [-0.05, 0) is 50.1 Å². The van der Waals surface area contributed by atoms with E-state index in [0.717, 1.165) is 16.9 Å². The molecule has 0 saturated carbocycles. The van der Waals surface area contributed by atoms with E-state index < -0.39 is 6.10 Å². The Kier molecular flexibility index (Phi) is 6.76. The molecule has 1 atom stereocenters. The van der Waals surface area contributed by atoms with E-state index in [4.69, 9.17) is 4.74 Å². The van der Waals surface area contributed by atoms with Gasteiger partial charge in [0.25, 0.3) is 0 Å². The van der Waals surface area contributed by atoms with Crippen LogP contribution in [0.4, 0.5) is 4.39 Å². The van der Waals surface area contributed by atoms with Crippen molar-refractivity contribution in [3.05, 3.63) is 65.5 Å². The van der Waals surface area contributed by atoms with Crippen molar-refractivity contribution in [3.8, 4) is 5.75 Å². The van der Waals surface area contributed by atoms with E-state index in [1.807, 2.05) is 31.2 Å². The molecule has 0 heterocycles. The highest BCUT2D eigenvalue weighted by Gasteiger charge is 2.16. The van der Waals surface area contributed by atoms with Gasteiger partial charge in [-0.25, -0.2) is 4.39 Å². The van der Waals surface area contributed by atoms with E-state index >= 15 is 0 Å². The van der Waals surface area contributed by atoms with Gasteiger partial charge < -0.3 is 9.84 Å². The monoisotopic (exact) mass is 331 g/mol. The molecule has 0 fully saturated rings. The molecule has 24 heavy (non-hydrogen) atoms. The van der Waals surface area contributed by atoms with Crippen LogP contribution in [0.5, 0.6) is 5.75 Å². The first kappa shape index (κ1) is 18.4. The third-order valence-corrected chi connectivity index (χ3v) is 4.00. The maximum atomic E-state index is 13.0. The molecule has 0 aliphatic heterocycles. The Labute approximate surface area is 143 Å². The second-order valence-electron chi connectivity index (χ2n) is 6.38. The van der Waals surface area contributed by atoms with Crippen LogP contribution in [0.25, 0.3) is 0 Å². The van der Waals surface area contributed by atoms with Crippen molar-refractivity contribution in [3.63, 3.8) is 0 Å². The van der Waals surface area contributed by atoms with Crippen LogP contribution in [0.1, 0.15) is 25.0 Å². The highest BCUT2D eigenvalue weighted by molar-refractivity contribution is 5.31. The van der Waals surface area contributed by atoms with E-state index in [9.17, 15) is 9.50 Å². The van der Waals surface area contributed by atoms with Crippen LogP contribution in [0, 0.1) is 12.7 Å². The predicted molar refractivity (Wildman–Crippen MR) is 94.6 cm³/mol. The highest BCUT2D eigenvalue weighted by Crippen LogP contribution is 2.17. The molecule has 3 nitrogen and oxygen atoms in total. The number of aliphatic hydroxyl groups is 1. The number of hydrogen-bond donors (Lipinski definition) is 1. The van der Waals surface area contributed by atoms with E-state index in [1.165, 1.54) is 12.1 Å². The zero-order valence-electron chi connectivity index (χ0n) is 14.6. The summed E-state index contributed by atoms with van der Waals surface area (Å²) in [4.78, 5) is 2.15. The first-order valence-corrected chi connectivity index (χ1v) is 8.30. The molecule has 1 unspecified atom stereocenters. The van der Waals surface area contributed by atoms with E-state index in [0.29, 0.717) is 13.1 Å². The summed E-state index contributed by atoms with van der Waals surface area (Å²) < 4.78 is 18.7. The van der Waals surface area contributed by atoms with E-state index in [-0.39, 0.29) is 18.5 Å². The Hall–Kier alpha value is -1.91. The fraction of sp³-hybridized carbons (Fsp3) is 0.400. The molecule has 0 aromatic heterocycles. The molecule has 0 aliphatic rings. The van der Waals surface area contributed by atoms with Gasteiger partial charge in [0.1, 0.15) is 24.3 Å². The highest BCUT2D eigenvalue weighted by atomic mass is 19.1. The lowest BCUT2D eigenvalue weighted by atomic mass is 10.1. The minimum absolute atomic E-state index is 0.235. The molecule has 0 aliphatic carbocycles. The number of aliphatic hydroxyl groups excluding tert-OH is 1. The van der Waals surface area contributed by atoms with Gasteiger partial charge in [-0.1, -0.05) is 30.3 Å². The van der Waals surface area contributed by atoms with Crippen molar-refractivity contribution in [1.29, 1.82) is 0 Å². The lowest BCUT2D eigenvalue weighted by molar-refractivity contribution is 0.0541. The average molecular weight is 331 g/mol. The Morgan fingerprint density at radius 1 is 1.08 bits per heavy atom. The largest absolute Gasteiger partial charge is 0.491 e. The van der Waals surface area contributed by atoms with Crippen molar-refractivity contribution in [2.45, 2.75) is 39.5 Å². The lowest BCUT2D eigenvalue weighted by Gasteiger charge is -2.29. The van der Waals surface area contributed by atoms with Crippen LogP contribution in [-0.2, 0) is 6.54 Å². The van der Waals surface area contributed by atoms with E-state index in [2.05, 4.69) is 18.7 Å². The van der Waals surface area contributed by atoms with Crippen LogP contribution in [0.2, 0.25) is 0 Å². The zero-order chi connectivity index (χ0) is 17.5. The van der Waals surface area contributed by atoms with Crippen molar-refractivity contribution in [2.24, 2.45) is 0 Å². The van der Waals surface area contributed by atoms with E-state index in [1.54, 1.807) is 12.1 Å². The van der Waals surface area contributed by atoms with Crippen LogP contribution >= 0.6 is 0 Å². The average Bonchev–Trinajstić information content (AvgIpc) is 2.55. The third kappa shape index (κ3) is 5.62. The molecule has 4 heteroatoms. The zero-order valence-corrected chi connectivity index (χ0v) is 14.6. The first-order chi connectivity index (χ1) is 11.5. The molecular formula is C20H26FNO2. The molecule has 2 aromatic rings. The van der Waals surface area contributed by atoms with Crippen LogP contribution < -0.4 is 4.74 Å². The van der Waals surface area contributed by atoms with Crippen LogP contribution in [-0.4, -0.2) is 35.3 Å². The summed E-state index contributed by atoms with van der Waals surface area (Å²) in [6.45, 7) is 7.56. The fourth-order valence-electron chi connectivity index (χ4n) is 2.51. The molecule has 0 amide bonds. The van der Waals surface area contributed by atoms with Gasteiger partial charge in [0, 0.05) is 19.1 Å². The van der Waals surface area contributed by atoms with Crippen molar-refractivity contribution in [2.75, 3.05) is 13.2 Å². The molecule has 0 radical (unpaired) electrons. The summed E-state index contributed by atoms with van der Waals surface area (Å²) in [5.74, 6) is 0.563. The summed E-state index contributed by atoms with van der Waals surface area (Å²) in [6, 6.07) is 14.5. The van der Waals surface area contributed by atoms with Crippen molar-refractivity contribution in [1.82, 2.24) is 4.90 Å². The van der Waals surface area contributed by atoms with Crippen LogP contribution in [0.3, 0.4) is 0 Å². The molecule has 2 aromatic carbocycles. The second-order valence-corrected chi connectivity index (χ2v) is 6.38. The minimum atomic E-state index is -0.590. The molecule has 1 N–H and O–H groups in total. The number of para-hydroxylation sites is 1. The summed E-state index contributed by atoms with van der Waals surface area (Å²) in [5.41, 5.74) is 2.08. The van der Waals surface area contributed by atoms with Crippen molar-refractivity contribution >= 4 is 0 Å². The van der Waals surface area contributed by atoms with Gasteiger partial charge in [0.15, 0.2) is 0 Å². The number of halogens is 1. The van der Waals surface area contributed by atoms with Crippen LogP contribution in [0.15, 0.2) is 48.5 Å². The lowest BCUT2D eigenvalue weighted by Crippen LogP contribution is -2.39. The Bertz CT molecular complexity index is 628. The second kappa shape index (κ2) is 8.81. The van der Waals surface area contributed by atoms with Gasteiger partial charge in [0.05, 0.1) is 0 Å². The Morgan fingerprint density at radius 3 is 2.38 bits per heavy atom. The molecule has 0 saturated heterocycles. The Balaban J connectivity index is 1.89. The number of benzene rings is 2. The summed E-state index contributed by atoms with van der Waals surface area (Å²) in [5, 5.41) is 10.3. The fourth-order valence-corrected chi connectivity index (χ4v) is 2.51. The summed E-state index contributed by atoms with van der Waals surface area (Å²) in [7, 11) is 0. The number of ether oxygens (including phenoxy) is 1. The van der Waals surface area contributed by atoms with Gasteiger partial charge in [-0.15, -0.1) is 0 Å². The normalized spacial score (nSPS) is 12.6. The number of aryl methyl sites for hydroxylation is 1. The number of hydrogen-bond acceptors (Lipinski definition) is 3. The standard InChI is InChI=1S/C20H26FNO2/c1-15(2)22(12-17-8-10-18(21)11-9-17)13-19(23)14-24-20-7-5-4-6-16(20)3/h4-11,15,19,23H,12-14H2,1-3H3. The number of nitrogens with zero attached hydrogens (tertiary/aromatic N) is 1. The minimum Gasteiger partial charge on any atom is -0.491 e. The molecule has 2 rings (SSSR count). The van der Waals surface area contributed by atoms with Gasteiger partial charge >= 0.3 is 0 Å². The summed E-state index contributed by atoms with van der Waals surface area (Å²) >= 11 is 0.